The molecule has 0 radical (unpaired) electrons. The molecule has 0 aliphatic heterocycles. The van der Waals surface area contributed by atoms with Crippen LogP contribution in [0.1, 0.15) is 20.8 Å². The third-order valence-corrected chi connectivity index (χ3v) is 2.62. The summed E-state index contributed by atoms with van der Waals surface area (Å²) in [4.78, 5) is 11.1. The molecule has 0 spiro atoms. The number of carbonyl (C=O) groups excluding carboxylic acids is 1. The predicted molar refractivity (Wildman–Crippen MR) is 46.2 cm³/mol. The Hall–Kier alpha value is -0.850. The molecule has 0 fully saturated rings. The van der Waals surface area contributed by atoms with Crippen molar-refractivity contribution in [2.75, 3.05) is 0 Å². The van der Waals surface area contributed by atoms with Crippen LogP contribution in [0.4, 0.5) is 0 Å². The van der Waals surface area contributed by atoms with Crippen LogP contribution < -0.4 is 0 Å². The molecule has 0 aromatic carbocycles. The summed E-state index contributed by atoms with van der Waals surface area (Å²) in [5.41, 5.74) is 0.822. The summed E-state index contributed by atoms with van der Waals surface area (Å²) in [5, 5.41) is 0. The Labute approximate surface area is 67.8 Å². The van der Waals surface area contributed by atoms with Crippen molar-refractivity contribution in [2.45, 2.75) is 20.8 Å². The lowest BCUT2D eigenvalue weighted by atomic mass is 9.71. The largest absolute Gasteiger partial charge is 0.290 e. The number of rotatable bonds is 0. The highest BCUT2D eigenvalue weighted by Gasteiger charge is 2.31. The Balaban J connectivity index is 3.04. The Bertz CT molecular complexity index is 233. The zero-order valence-electron chi connectivity index (χ0n) is 7.35. The fourth-order valence-electron chi connectivity index (χ4n) is 1.20. The van der Waals surface area contributed by atoms with Crippen LogP contribution in [0.2, 0.25) is 0 Å². The van der Waals surface area contributed by atoms with E-state index in [0.29, 0.717) is 0 Å². The van der Waals surface area contributed by atoms with E-state index in [2.05, 4.69) is 20.4 Å². The molecule has 60 valence electrons. The van der Waals surface area contributed by atoms with E-state index in [0.717, 1.165) is 5.57 Å². The number of allylic oxidation sites excluding steroid dienone is 3. The van der Waals surface area contributed by atoms with Gasteiger partial charge in [-0.15, -0.1) is 0 Å². The first-order valence-electron chi connectivity index (χ1n) is 3.87. The van der Waals surface area contributed by atoms with Gasteiger partial charge in [0.2, 0.25) is 0 Å². The Morgan fingerprint density at radius 1 is 1.55 bits per heavy atom. The van der Waals surface area contributed by atoms with E-state index in [-0.39, 0.29) is 17.1 Å². The van der Waals surface area contributed by atoms with Crippen molar-refractivity contribution in [1.29, 1.82) is 0 Å². The molecule has 1 nitrogen and oxygen atoms in total. The van der Waals surface area contributed by atoms with Gasteiger partial charge in [0.15, 0.2) is 5.78 Å². The first-order valence-corrected chi connectivity index (χ1v) is 3.87. The Kier molecular flexibility index (Phi) is 1.75. The molecular weight excluding hydrogens is 136 g/mol. The Morgan fingerprint density at radius 2 is 2.09 bits per heavy atom. The van der Waals surface area contributed by atoms with Crippen molar-refractivity contribution < 1.29 is 4.79 Å². The summed E-state index contributed by atoms with van der Waals surface area (Å²) in [7, 11) is 0. The lowest BCUT2D eigenvalue weighted by Gasteiger charge is -2.32. The highest BCUT2D eigenvalue weighted by Crippen LogP contribution is 2.36. The second-order valence-corrected chi connectivity index (χ2v) is 3.77. The quantitative estimate of drug-likeness (QED) is 0.484. The summed E-state index contributed by atoms with van der Waals surface area (Å²) >= 11 is 0. The van der Waals surface area contributed by atoms with E-state index in [9.17, 15) is 4.79 Å². The zero-order chi connectivity index (χ0) is 8.65. The topological polar surface area (TPSA) is 17.1 Å². The van der Waals surface area contributed by atoms with Crippen LogP contribution in [-0.2, 0) is 4.79 Å². The van der Waals surface area contributed by atoms with Gasteiger partial charge in [0, 0.05) is 0 Å². The predicted octanol–water partition coefficient (Wildman–Crippen LogP) is 2.34. The van der Waals surface area contributed by atoms with Gasteiger partial charge < -0.3 is 0 Å². The van der Waals surface area contributed by atoms with Crippen LogP contribution in [0.25, 0.3) is 0 Å². The monoisotopic (exact) mass is 150 g/mol. The maximum atomic E-state index is 11.1. The highest BCUT2D eigenvalue weighted by atomic mass is 16.1. The van der Waals surface area contributed by atoms with E-state index >= 15 is 0 Å². The lowest BCUT2D eigenvalue weighted by molar-refractivity contribution is -0.112. The summed E-state index contributed by atoms with van der Waals surface area (Å²) in [5.74, 6) is 0.344. The molecule has 1 atom stereocenters. The molecule has 0 amide bonds. The van der Waals surface area contributed by atoms with Crippen molar-refractivity contribution in [3.63, 3.8) is 0 Å². The van der Waals surface area contributed by atoms with Crippen LogP contribution >= 0.6 is 0 Å². The summed E-state index contributed by atoms with van der Waals surface area (Å²) < 4.78 is 0. The minimum atomic E-state index is 0.0804. The first-order chi connectivity index (χ1) is 4.95. The fourth-order valence-corrected chi connectivity index (χ4v) is 1.20. The van der Waals surface area contributed by atoms with Gasteiger partial charge in [0.05, 0.1) is 0 Å². The SMILES string of the molecule is C=C1C(=O)C=CC(C)(C)C1C. The van der Waals surface area contributed by atoms with Gasteiger partial charge in [-0.05, 0) is 23.0 Å². The number of hydrogen-bond donors (Lipinski definition) is 0. The molecule has 11 heavy (non-hydrogen) atoms. The van der Waals surface area contributed by atoms with Crippen molar-refractivity contribution in [3.05, 3.63) is 24.3 Å². The minimum Gasteiger partial charge on any atom is -0.290 e. The van der Waals surface area contributed by atoms with Crippen molar-refractivity contribution in [2.24, 2.45) is 11.3 Å². The fraction of sp³-hybridized carbons (Fsp3) is 0.500. The minimum absolute atomic E-state index is 0.0804. The van der Waals surface area contributed by atoms with Crippen molar-refractivity contribution >= 4 is 5.78 Å². The number of ketones is 1. The van der Waals surface area contributed by atoms with Crippen LogP contribution in [0, 0.1) is 11.3 Å². The van der Waals surface area contributed by atoms with E-state index in [1.165, 1.54) is 0 Å². The van der Waals surface area contributed by atoms with Crippen molar-refractivity contribution in [1.82, 2.24) is 0 Å². The number of hydrogen-bond acceptors (Lipinski definition) is 1. The van der Waals surface area contributed by atoms with Crippen LogP contribution in [0.5, 0.6) is 0 Å². The molecule has 0 aromatic rings. The highest BCUT2D eigenvalue weighted by molar-refractivity contribution is 6.04. The van der Waals surface area contributed by atoms with Crippen LogP contribution in [0.3, 0.4) is 0 Å². The molecule has 1 aliphatic carbocycles. The first kappa shape index (κ1) is 8.25. The molecule has 0 saturated carbocycles. The molecule has 0 bridgehead atoms. The van der Waals surface area contributed by atoms with Crippen LogP contribution in [0.15, 0.2) is 24.3 Å². The van der Waals surface area contributed by atoms with Gasteiger partial charge in [0.1, 0.15) is 0 Å². The van der Waals surface area contributed by atoms with Gasteiger partial charge in [-0.3, -0.25) is 4.79 Å². The van der Waals surface area contributed by atoms with E-state index in [1.54, 1.807) is 6.08 Å². The molecular formula is C10H14O. The maximum absolute atomic E-state index is 11.1. The molecule has 0 heterocycles. The van der Waals surface area contributed by atoms with Crippen molar-refractivity contribution in [3.8, 4) is 0 Å². The smallest absolute Gasteiger partial charge is 0.181 e. The molecule has 1 aliphatic rings. The van der Waals surface area contributed by atoms with Gasteiger partial charge >= 0.3 is 0 Å². The van der Waals surface area contributed by atoms with Gasteiger partial charge in [-0.1, -0.05) is 33.4 Å². The van der Waals surface area contributed by atoms with Gasteiger partial charge in [-0.2, -0.15) is 0 Å². The average Bonchev–Trinajstić information content (AvgIpc) is 1.95. The lowest BCUT2D eigenvalue weighted by Crippen LogP contribution is -2.27. The second kappa shape index (κ2) is 2.33. The van der Waals surface area contributed by atoms with Gasteiger partial charge in [-0.25, -0.2) is 0 Å². The maximum Gasteiger partial charge on any atom is 0.181 e. The summed E-state index contributed by atoms with van der Waals surface area (Å²) in [6, 6.07) is 0. The standard InChI is InChI=1S/C10H14O/c1-7-8(2)10(3,4)6-5-9(7)11/h5-6,8H,1H2,2-4H3. The van der Waals surface area contributed by atoms with E-state index in [1.807, 2.05) is 13.0 Å². The average molecular weight is 150 g/mol. The zero-order valence-corrected chi connectivity index (χ0v) is 7.35. The second-order valence-electron chi connectivity index (χ2n) is 3.77. The summed E-state index contributed by atoms with van der Waals surface area (Å²) in [6.07, 6.45) is 3.59. The normalized spacial score (nSPS) is 29.2. The van der Waals surface area contributed by atoms with Gasteiger partial charge in [0.25, 0.3) is 0 Å². The van der Waals surface area contributed by atoms with E-state index in [4.69, 9.17) is 0 Å². The number of carbonyl (C=O) groups is 1. The molecule has 1 rings (SSSR count). The Morgan fingerprint density at radius 3 is 2.55 bits per heavy atom. The third-order valence-electron chi connectivity index (χ3n) is 2.62. The molecule has 1 heteroatoms. The molecule has 0 saturated heterocycles. The third kappa shape index (κ3) is 1.28. The molecule has 1 unspecified atom stereocenters. The van der Waals surface area contributed by atoms with Crippen LogP contribution in [-0.4, -0.2) is 5.78 Å². The summed E-state index contributed by atoms with van der Waals surface area (Å²) in [6.45, 7) is 10.1. The molecule has 0 N–H and O–H groups in total. The molecule has 0 aromatic heterocycles. The van der Waals surface area contributed by atoms with E-state index < -0.39 is 0 Å².